The summed E-state index contributed by atoms with van der Waals surface area (Å²) in [4.78, 5) is 2.66. The van der Waals surface area contributed by atoms with E-state index in [1.165, 1.54) is 49.0 Å². The minimum absolute atomic E-state index is 0.435. The van der Waals surface area contributed by atoms with Gasteiger partial charge in [-0.3, -0.25) is 4.90 Å². The Labute approximate surface area is 123 Å². The largest absolute Gasteiger partial charge is 0.327 e. The summed E-state index contributed by atoms with van der Waals surface area (Å²) in [6.07, 6.45) is 3.94. The first-order valence-electron chi connectivity index (χ1n) is 8.13. The predicted octanol–water partition coefficient (Wildman–Crippen LogP) is 3.42. The van der Waals surface area contributed by atoms with E-state index < -0.39 is 0 Å². The molecule has 3 rings (SSSR count). The molecule has 0 aromatic heterocycles. The Hall–Kier alpha value is -0.860. The summed E-state index contributed by atoms with van der Waals surface area (Å²) in [7, 11) is 0. The van der Waals surface area contributed by atoms with Gasteiger partial charge in [0.05, 0.1) is 0 Å². The van der Waals surface area contributed by atoms with Gasteiger partial charge in [0.25, 0.3) is 0 Å². The second-order valence-electron chi connectivity index (χ2n) is 7.01. The average molecular weight is 272 g/mol. The lowest BCUT2D eigenvalue weighted by Gasteiger charge is -2.30. The summed E-state index contributed by atoms with van der Waals surface area (Å²) >= 11 is 0. The molecule has 1 saturated heterocycles. The summed E-state index contributed by atoms with van der Waals surface area (Å²) in [5.41, 5.74) is 10.6. The van der Waals surface area contributed by atoms with Crippen LogP contribution < -0.4 is 5.73 Å². The zero-order chi connectivity index (χ0) is 14.3. The van der Waals surface area contributed by atoms with E-state index in [9.17, 15) is 0 Å². The van der Waals surface area contributed by atoms with Gasteiger partial charge >= 0.3 is 0 Å². The first-order valence-corrected chi connectivity index (χ1v) is 8.13. The molecular weight excluding hydrogens is 244 g/mol. The standard InChI is InChI=1S/C18H28N2/c1-12-7-8-16(13(2)9-12)14(3)20-10-15-5-4-6-18(19)17(15)11-20/h7-9,14-15,17-18H,4-6,10-11,19H2,1-3H3. The summed E-state index contributed by atoms with van der Waals surface area (Å²) in [5, 5.41) is 0. The molecule has 2 N–H and O–H groups in total. The summed E-state index contributed by atoms with van der Waals surface area (Å²) in [6, 6.07) is 7.82. The quantitative estimate of drug-likeness (QED) is 0.894. The lowest BCUT2D eigenvalue weighted by Crippen LogP contribution is -2.38. The van der Waals surface area contributed by atoms with Crippen molar-refractivity contribution in [1.29, 1.82) is 0 Å². The van der Waals surface area contributed by atoms with E-state index in [1.54, 1.807) is 0 Å². The van der Waals surface area contributed by atoms with E-state index in [4.69, 9.17) is 5.73 Å². The molecule has 2 nitrogen and oxygen atoms in total. The van der Waals surface area contributed by atoms with Crippen LogP contribution in [0.25, 0.3) is 0 Å². The Morgan fingerprint density at radius 3 is 2.70 bits per heavy atom. The summed E-state index contributed by atoms with van der Waals surface area (Å²) < 4.78 is 0. The van der Waals surface area contributed by atoms with Gasteiger partial charge < -0.3 is 5.73 Å². The van der Waals surface area contributed by atoms with Gasteiger partial charge in [-0.15, -0.1) is 0 Å². The molecule has 1 aliphatic heterocycles. The van der Waals surface area contributed by atoms with Crippen molar-refractivity contribution in [3.63, 3.8) is 0 Å². The van der Waals surface area contributed by atoms with Crippen molar-refractivity contribution in [2.24, 2.45) is 17.6 Å². The monoisotopic (exact) mass is 272 g/mol. The van der Waals surface area contributed by atoms with Crippen LogP contribution in [-0.4, -0.2) is 24.0 Å². The van der Waals surface area contributed by atoms with Crippen molar-refractivity contribution in [2.75, 3.05) is 13.1 Å². The van der Waals surface area contributed by atoms with Crippen LogP contribution in [0.1, 0.15) is 48.9 Å². The van der Waals surface area contributed by atoms with Crippen molar-refractivity contribution in [3.05, 3.63) is 34.9 Å². The molecule has 0 radical (unpaired) electrons. The highest BCUT2D eigenvalue weighted by Crippen LogP contribution is 2.39. The van der Waals surface area contributed by atoms with Crippen molar-refractivity contribution < 1.29 is 0 Å². The van der Waals surface area contributed by atoms with Crippen LogP contribution in [0.4, 0.5) is 0 Å². The van der Waals surface area contributed by atoms with Gasteiger partial charge in [-0.2, -0.15) is 0 Å². The number of rotatable bonds is 2. The fourth-order valence-corrected chi connectivity index (χ4v) is 4.36. The molecule has 0 spiro atoms. The zero-order valence-corrected chi connectivity index (χ0v) is 13.1. The van der Waals surface area contributed by atoms with Gasteiger partial charge in [-0.1, -0.05) is 30.2 Å². The van der Waals surface area contributed by atoms with Crippen molar-refractivity contribution >= 4 is 0 Å². The van der Waals surface area contributed by atoms with Crippen LogP contribution in [-0.2, 0) is 0 Å². The van der Waals surface area contributed by atoms with Gasteiger partial charge in [0.15, 0.2) is 0 Å². The van der Waals surface area contributed by atoms with Crippen LogP contribution in [0.2, 0.25) is 0 Å². The summed E-state index contributed by atoms with van der Waals surface area (Å²) in [6.45, 7) is 9.21. The van der Waals surface area contributed by atoms with Gasteiger partial charge in [-0.05, 0) is 56.6 Å². The molecule has 2 heteroatoms. The number of hydrogen-bond acceptors (Lipinski definition) is 2. The van der Waals surface area contributed by atoms with E-state index in [1.807, 2.05) is 0 Å². The van der Waals surface area contributed by atoms with E-state index in [-0.39, 0.29) is 0 Å². The fourth-order valence-electron chi connectivity index (χ4n) is 4.36. The van der Waals surface area contributed by atoms with E-state index >= 15 is 0 Å². The number of nitrogens with two attached hydrogens (primary N) is 1. The van der Waals surface area contributed by atoms with Crippen LogP contribution in [0.3, 0.4) is 0 Å². The molecule has 1 aromatic carbocycles. The zero-order valence-electron chi connectivity index (χ0n) is 13.1. The second-order valence-corrected chi connectivity index (χ2v) is 7.01. The minimum Gasteiger partial charge on any atom is -0.327 e. The molecule has 0 bridgehead atoms. The number of fused-ring (bicyclic) bond motifs is 1. The maximum Gasteiger partial charge on any atom is 0.0322 e. The Bertz CT molecular complexity index is 482. The highest BCUT2D eigenvalue weighted by atomic mass is 15.2. The number of nitrogens with zero attached hydrogens (tertiary/aromatic N) is 1. The van der Waals surface area contributed by atoms with Crippen LogP contribution in [0.5, 0.6) is 0 Å². The highest BCUT2D eigenvalue weighted by Gasteiger charge is 2.40. The van der Waals surface area contributed by atoms with E-state index in [0.29, 0.717) is 12.1 Å². The normalized spacial score (nSPS) is 32.1. The maximum absolute atomic E-state index is 6.34. The minimum atomic E-state index is 0.435. The van der Waals surface area contributed by atoms with Crippen LogP contribution in [0.15, 0.2) is 18.2 Å². The SMILES string of the molecule is Cc1ccc(C(C)N2CC3CCCC(N)C3C2)c(C)c1. The molecule has 110 valence electrons. The predicted molar refractivity (Wildman–Crippen MR) is 84.7 cm³/mol. The molecule has 20 heavy (non-hydrogen) atoms. The number of aryl methyl sites for hydroxylation is 2. The lowest BCUT2D eigenvalue weighted by molar-refractivity contribution is 0.244. The molecule has 1 heterocycles. The first-order chi connectivity index (χ1) is 9.56. The molecule has 4 atom stereocenters. The third-order valence-electron chi connectivity index (χ3n) is 5.61. The Morgan fingerprint density at radius 1 is 1.20 bits per heavy atom. The van der Waals surface area contributed by atoms with Crippen molar-refractivity contribution in [3.8, 4) is 0 Å². The smallest absolute Gasteiger partial charge is 0.0322 e. The lowest BCUT2D eigenvalue weighted by atomic mass is 9.78. The Kier molecular flexibility index (Phi) is 3.87. The molecule has 0 amide bonds. The Morgan fingerprint density at radius 2 is 2.00 bits per heavy atom. The van der Waals surface area contributed by atoms with Crippen LogP contribution >= 0.6 is 0 Å². The fraction of sp³-hybridized carbons (Fsp3) is 0.667. The number of likely N-dealkylation sites (tertiary alicyclic amines) is 1. The Balaban J connectivity index is 1.76. The van der Waals surface area contributed by atoms with Gasteiger partial charge in [0.2, 0.25) is 0 Å². The molecule has 2 fully saturated rings. The third-order valence-corrected chi connectivity index (χ3v) is 5.61. The van der Waals surface area contributed by atoms with Crippen LogP contribution in [0, 0.1) is 25.7 Å². The highest BCUT2D eigenvalue weighted by molar-refractivity contribution is 5.32. The molecule has 1 aromatic rings. The van der Waals surface area contributed by atoms with Gasteiger partial charge in [0, 0.05) is 25.2 Å². The average Bonchev–Trinajstić information content (AvgIpc) is 2.83. The topological polar surface area (TPSA) is 29.3 Å². The van der Waals surface area contributed by atoms with E-state index in [0.717, 1.165) is 11.8 Å². The molecule has 2 aliphatic rings. The molecule has 1 saturated carbocycles. The third kappa shape index (κ3) is 2.51. The second kappa shape index (κ2) is 5.50. The first kappa shape index (κ1) is 14.1. The summed E-state index contributed by atoms with van der Waals surface area (Å²) in [5.74, 6) is 1.57. The van der Waals surface area contributed by atoms with Crippen molar-refractivity contribution in [2.45, 2.75) is 52.1 Å². The van der Waals surface area contributed by atoms with E-state index in [2.05, 4.69) is 43.9 Å². The van der Waals surface area contributed by atoms with Gasteiger partial charge in [-0.25, -0.2) is 0 Å². The molecule has 1 aliphatic carbocycles. The molecular formula is C18H28N2. The molecule has 4 unspecified atom stereocenters. The van der Waals surface area contributed by atoms with Crippen molar-refractivity contribution in [1.82, 2.24) is 4.90 Å². The number of benzene rings is 1. The van der Waals surface area contributed by atoms with Gasteiger partial charge in [0.1, 0.15) is 0 Å². The maximum atomic E-state index is 6.34. The number of hydrogen-bond donors (Lipinski definition) is 1.